The van der Waals surface area contributed by atoms with Gasteiger partial charge in [0.05, 0.1) is 22.5 Å². The summed E-state index contributed by atoms with van der Waals surface area (Å²) in [5, 5.41) is 14.5. The zero-order valence-electron chi connectivity index (χ0n) is 20.9. The van der Waals surface area contributed by atoms with Crippen molar-refractivity contribution >= 4 is 16.1 Å². The van der Waals surface area contributed by atoms with E-state index in [4.69, 9.17) is 0 Å². The molecule has 1 N–H and O–H groups in total. The minimum atomic E-state index is -3.68. The van der Waals surface area contributed by atoms with Crippen molar-refractivity contribution in [2.24, 2.45) is 5.41 Å². The third kappa shape index (κ3) is 4.31. The van der Waals surface area contributed by atoms with E-state index in [1.165, 1.54) is 12.1 Å². The Morgan fingerprint density at radius 2 is 1.78 bits per heavy atom. The molecule has 2 aliphatic rings. The summed E-state index contributed by atoms with van der Waals surface area (Å²) in [5.74, 6) is -0.304. The molecular weight excluding hydrogens is 477 g/mol. The Kier molecular flexibility index (Phi) is 6.17. The fraction of sp³-hybridized carbons (Fsp3) is 0.393. The summed E-state index contributed by atoms with van der Waals surface area (Å²) in [6, 6.07) is 13.4. The first-order valence-corrected chi connectivity index (χ1v) is 13.7. The van der Waals surface area contributed by atoms with Gasteiger partial charge in [0.2, 0.25) is 10.0 Å². The normalized spacial score (nSPS) is 20.5. The molecule has 8 heteroatoms. The van der Waals surface area contributed by atoms with E-state index in [1.807, 2.05) is 12.1 Å². The van der Waals surface area contributed by atoms with Gasteiger partial charge in [0.1, 0.15) is 5.82 Å². The molecule has 6 nitrogen and oxygen atoms in total. The van der Waals surface area contributed by atoms with E-state index in [9.17, 15) is 17.9 Å². The third-order valence-corrected chi connectivity index (χ3v) is 9.40. The van der Waals surface area contributed by atoms with Crippen LogP contribution in [0.3, 0.4) is 0 Å². The van der Waals surface area contributed by atoms with E-state index in [-0.39, 0.29) is 17.8 Å². The maximum absolute atomic E-state index is 13.6. The number of benzene rings is 2. The lowest BCUT2D eigenvalue weighted by atomic mass is 9.67. The van der Waals surface area contributed by atoms with Gasteiger partial charge in [0.25, 0.3) is 0 Å². The first-order chi connectivity index (χ1) is 17.0. The first-order valence-electron chi connectivity index (χ1n) is 12.3. The van der Waals surface area contributed by atoms with Gasteiger partial charge in [-0.3, -0.25) is 0 Å². The van der Waals surface area contributed by atoms with Crippen LogP contribution in [-0.4, -0.2) is 47.3 Å². The Balaban J connectivity index is 1.47. The van der Waals surface area contributed by atoms with Crippen molar-refractivity contribution in [2.75, 3.05) is 19.7 Å². The molecule has 1 atom stereocenters. The molecule has 190 valence electrons. The molecule has 0 spiro atoms. The van der Waals surface area contributed by atoms with E-state index < -0.39 is 15.4 Å². The van der Waals surface area contributed by atoms with Crippen molar-refractivity contribution < 1.29 is 17.9 Å². The average molecular weight is 510 g/mol. The molecule has 1 fully saturated rings. The van der Waals surface area contributed by atoms with Crippen LogP contribution in [0.4, 0.5) is 4.39 Å². The van der Waals surface area contributed by atoms with Crippen LogP contribution >= 0.6 is 0 Å². The lowest BCUT2D eigenvalue weighted by molar-refractivity contribution is 0.154. The number of rotatable bonds is 5. The summed E-state index contributed by atoms with van der Waals surface area (Å²) >= 11 is 0. The molecule has 1 aliphatic heterocycles. The summed E-state index contributed by atoms with van der Waals surface area (Å²) in [7, 11) is -3.68. The zero-order valence-corrected chi connectivity index (χ0v) is 21.7. The highest BCUT2D eigenvalue weighted by molar-refractivity contribution is 7.89. The maximum atomic E-state index is 13.6. The van der Waals surface area contributed by atoms with Crippen molar-refractivity contribution in [3.63, 3.8) is 0 Å². The summed E-state index contributed by atoms with van der Waals surface area (Å²) in [5.41, 5.74) is 4.35. The fourth-order valence-corrected chi connectivity index (χ4v) is 6.97. The molecule has 5 rings (SSSR count). The van der Waals surface area contributed by atoms with Crippen molar-refractivity contribution in [3.05, 3.63) is 82.9 Å². The number of nitrogens with zero attached hydrogens (tertiary/aromatic N) is 3. The summed E-state index contributed by atoms with van der Waals surface area (Å²) in [6.45, 7) is 6.95. The molecule has 36 heavy (non-hydrogen) atoms. The summed E-state index contributed by atoms with van der Waals surface area (Å²) in [4.78, 5) is 0.294. The SMILES string of the molecule is CC(C)(C)c1ccc(S(=O)(=O)N2CCC3=Cc4c(cnn4-c4ccc(F)cc4)CC3(CCO)C2)cc1. The standard InChI is InChI=1S/C28H32FN3O3S/c1-27(2,3)21-4-10-25(11-5-21)36(34,35)31-14-12-22-16-26-20(17-28(22,19-31)13-15-33)18-30-32(26)24-8-6-23(29)7-9-24/h4-11,16,18,33H,12-15,17,19H2,1-3H3. The van der Waals surface area contributed by atoms with Gasteiger partial charge in [-0.1, -0.05) is 38.5 Å². The Bertz CT molecular complexity index is 1400. The topological polar surface area (TPSA) is 75.4 Å². The minimum absolute atomic E-state index is 0.0348. The molecule has 1 aliphatic carbocycles. The molecule has 1 saturated heterocycles. The lowest BCUT2D eigenvalue weighted by Crippen LogP contribution is -2.49. The smallest absolute Gasteiger partial charge is 0.243 e. The van der Waals surface area contributed by atoms with Gasteiger partial charge in [0, 0.05) is 25.1 Å². The highest BCUT2D eigenvalue weighted by Gasteiger charge is 2.45. The maximum Gasteiger partial charge on any atom is 0.243 e. The second-order valence-electron chi connectivity index (χ2n) is 10.9. The first kappa shape index (κ1) is 24.9. The molecule has 2 aromatic carbocycles. The number of aromatic nitrogens is 2. The summed E-state index contributed by atoms with van der Waals surface area (Å²) in [6.07, 6.45) is 5.52. The Hall–Kier alpha value is -2.81. The highest BCUT2D eigenvalue weighted by atomic mass is 32.2. The van der Waals surface area contributed by atoms with E-state index >= 15 is 0 Å². The van der Waals surface area contributed by atoms with Crippen molar-refractivity contribution in [1.29, 1.82) is 0 Å². The molecule has 2 heterocycles. The number of piperidine rings is 1. The fourth-order valence-electron chi connectivity index (χ4n) is 5.45. The van der Waals surface area contributed by atoms with Crippen molar-refractivity contribution in [3.8, 4) is 5.69 Å². The minimum Gasteiger partial charge on any atom is -0.396 e. The molecule has 0 saturated carbocycles. The average Bonchev–Trinajstić information content (AvgIpc) is 3.24. The highest BCUT2D eigenvalue weighted by Crippen LogP contribution is 2.47. The Labute approximate surface area is 212 Å². The number of hydrogen-bond acceptors (Lipinski definition) is 4. The van der Waals surface area contributed by atoms with Gasteiger partial charge >= 0.3 is 0 Å². The van der Waals surface area contributed by atoms with Gasteiger partial charge in [-0.25, -0.2) is 17.5 Å². The van der Waals surface area contributed by atoms with Crippen molar-refractivity contribution in [1.82, 2.24) is 14.1 Å². The predicted molar refractivity (Wildman–Crippen MR) is 138 cm³/mol. The number of aliphatic hydroxyl groups excluding tert-OH is 1. The number of sulfonamides is 1. The van der Waals surface area contributed by atoms with Crippen molar-refractivity contribution in [2.45, 2.75) is 50.3 Å². The largest absolute Gasteiger partial charge is 0.396 e. The molecule has 0 bridgehead atoms. The lowest BCUT2D eigenvalue weighted by Gasteiger charge is -2.46. The van der Waals surface area contributed by atoms with Crippen LogP contribution in [-0.2, 0) is 21.9 Å². The van der Waals surface area contributed by atoms with Crippen LogP contribution < -0.4 is 0 Å². The second kappa shape index (κ2) is 8.94. The van der Waals surface area contributed by atoms with Crippen LogP contribution in [0.25, 0.3) is 11.8 Å². The van der Waals surface area contributed by atoms with Gasteiger partial charge in [0.15, 0.2) is 0 Å². The molecular formula is C28H32FN3O3S. The molecule has 3 aromatic rings. The molecule has 1 aromatic heterocycles. The van der Waals surface area contributed by atoms with Crippen LogP contribution in [0, 0.1) is 11.2 Å². The van der Waals surface area contributed by atoms with Gasteiger partial charge in [-0.15, -0.1) is 0 Å². The predicted octanol–water partition coefficient (Wildman–Crippen LogP) is 4.71. The number of aliphatic hydroxyl groups is 1. The molecule has 0 radical (unpaired) electrons. The van der Waals surface area contributed by atoms with Gasteiger partial charge in [-0.05, 0) is 78.3 Å². The monoisotopic (exact) mass is 509 g/mol. The second-order valence-corrected chi connectivity index (χ2v) is 12.8. The number of fused-ring (bicyclic) bond motifs is 2. The number of halogens is 1. The van der Waals surface area contributed by atoms with E-state index in [0.717, 1.165) is 28.1 Å². The van der Waals surface area contributed by atoms with Crippen LogP contribution in [0.1, 0.15) is 50.4 Å². The van der Waals surface area contributed by atoms with Gasteiger partial charge < -0.3 is 5.11 Å². The Morgan fingerprint density at radius 1 is 1.08 bits per heavy atom. The summed E-state index contributed by atoms with van der Waals surface area (Å²) < 4.78 is 44.1. The Morgan fingerprint density at radius 3 is 2.42 bits per heavy atom. The van der Waals surface area contributed by atoms with E-state index in [0.29, 0.717) is 37.2 Å². The van der Waals surface area contributed by atoms with Crippen LogP contribution in [0.2, 0.25) is 0 Å². The third-order valence-electron chi connectivity index (χ3n) is 7.54. The number of hydrogen-bond donors (Lipinski definition) is 1. The van der Waals surface area contributed by atoms with Crippen LogP contribution in [0.15, 0.2) is 65.2 Å². The van der Waals surface area contributed by atoms with E-state index in [1.54, 1.807) is 39.4 Å². The quantitative estimate of drug-likeness (QED) is 0.541. The molecule has 1 unspecified atom stereocenters. The van der Waals surface area contributed by atoms with Crippen LogP contribution in [0.5, 0.6) is 0 Å². The molecule has 0 amide bonds. The van der Waals surface area contributed by atoms with Gasteiger partial charge in [-0.2, -0.15) is 9.40 Å². The van der Waals surface area contributed by atoms with E-state index in [2.05, 4.69) is 31.9 Å². The zero-order chi connectivity index (χ0) is 25.7.